The van der Waals surface area contributed by atoms with Crippen LogP contribution in [-0.4, -0.2) is 38.9 Å². The zero-order chi connectivity index (χ0) is 22.1. The molecular formula is C22H19FN4O3S2. The lowest BCUT2D eigenvalue weighted by molar-refractivity contribution is -0.113. The molecule has 1 aliphatic heterocycles. The first-order chi connectivity index (χ1) is 15.6. The third kappa shape index (κ3) is 4.38. The van der Waals surface area contributed by atoms with E-state index in [0.29, 0.717) is 44.6 Å². The number of thiazole rings is 1. The number of carbonyl (C=O) groups excluding carboxylic acids is 1. The number of anilines is 1. The largest absolute Gasteiger partial charge is 0.376 e. The molecule has 5 rings (SSSR count). The quantitative estimate of drug-likeness (QED) is 0.338. The summed E-state index contributed by atoms with van der Waals surface area (Å²) < 4.78 is 21.4. The van der Waals surface area contributed by atoms with Crippen molar-refractivity contribution in [2.75, 3.05) is 17.7 Å². The minimum absolute atomic E-state index is 0.0352. The fourth-order valence-corrected chi connectivity index (χ4v) is 5.36. The summed E-state index contributed by atoms with van der Waals surface area (Å²) in [6.07, 6.45) is 1.83. The first kappa shape index (κ1) is 21.0. The number of hydrogen-bond acceptors (Lipinski definition) is 7. The second-order valence-corrected chi connectivity index (χ2v) is 9.40. The molecule has 0 radical (unpaired) electrons. The van der Waals surface area contributed by atoms with Crippen LogP contribution in [0.3, 0.4) is 0 Å². The molecule has 1 aliphatic rings. The van der Waals surface area contributed by atoms with E-state index in [2.05, 4.69) is 15.3 Å². The maximum atomic E-state index is 13.4. The third-order valence-electron chi connectivity index (χ3n) is 5.17. The lowest BCUT2D eigenvalue weighted by atomic mass is 10.2. The van der Waals surface area contributed by atoms with Crippen LogP contribution in [0.25, 0.3) is 21.1 Å². The Kier molecular flexibility index (Phi) is 5.90. The fourth-order valence-electron chi connectivity index (χ4n) is 3.65. The van der Waals surface area contributed by atoms with Crippen LogP contribution in [-0.2, 0) is 16.1 Å². The molecule has 1 amide bonds. The highest BCUT2D eigenvalue weighted by Crippen LogP contribution is 2.27. The fraction of sp³-hybridized carbons (Fsp3) is 0.273. The number of carbonyl (C=O) groups is 1. The van der Waals surface area contributed by atoms with Crippen LogP contribution < -0.4 is 10.9 Å². The summed E-state index contributed by atoms with van der Waals surface area (Å²) in [5, 5.41) is 4.17. The number of aromatic nitrogens is 3. The zero-order valence-electron chi connectivity index (χ0n) is 16.9. The highest BCUT2D eigenvalue weighted by Gasteiger charge is 2.21. The molecule has 1 fully saturated rings. The van der Waals surface area contributed by atoms with E-state index in [9.17, 15) is 14.0 Å². The van der Waals surface area contributed by atoms with E-state index in [1.165, 1.54) is 35.2 Å². The van der Waals surface area contributed by atoms with Gasteiger partial charge in [0, 0.05) is 6.61 Å². The molecule has 164 valence electrons. The van der Waals surface area contributed by atoms with Crippen LogP contribution >= 0.6 is 23.1 Å². The second-order valence-electron chi connectivity index (χ2n) is 7.43. The summed E-state index contributed by atoms with van der Waals surface area (Å²) >= 11 is 2.41. The number of fused-ring (bicyclic) bond motifs is 2. The molecule has 0 unspecified atom stereocenters. The first-order valence-electron chi connectivity index (χ1n) is 10.2. The highest BCUT2D eigenvalue weighted by atomic mass is 32.2. The lowest BCUT2D eigenvalue weighted by Gasteiger charge is -2.16. The summed E-state index contributed by atoms with van der Waals surface area (Å²) in [4.78, 5) is 34.6. The smallest absolute Gasteiger partial charge is 0.262 e. The van der Waals surface area contributed by atoms with Gasteiger partial charge in [0.05, 0.1) is 39.5 Å². The van der Waals surface area contributed by atoms with Crippen molar-refractivity contribution in [2.24, 2.45) is 0 Å². The van der Waals surface area contributed by atoms with Crippen molar-refractivity contribution in [3.63, 3.8) is 0 Å². The van der Waals surface area contributed by atoms with Gasteiger partial charge in [-0.3, -0.25) is 14.2 Å². The zero-order valence-corrected chi connectivity index (χ0v) is 18.5. The van der Waals surface area contributed by atoms with E-state index in [-0.39, 0.29) is 29.1 Å². The van der Waals surface area contributed by atoms with Gasteiger partial charge in [0.15, 0.2) is 10.3 Å². The number of hydrogen-bond donors (Lipinski definition) is 1. The number of ether oxygens (including phenoxy) is 1. The Morgan fingerprint density at radius 2 is 2.12 bits per heavy atom. The van der Waals surface area contributed by atoms with Gasteiger partial charge in [-0.25, -0.2) is 14.4 Å². The topological polar surface area (TPSA) is 86.1 Å². The third-order valence-corrected chi connectivity index (χ3v) is 7.08. The summed E-state index contributed by atoms with van der Waals surface area (Å²) in [5.41, 5.74) is 1.08. The number of nitrogens with one attached hydrogen (secondary N) is 1. The Bertz CT molecular complexity index is 1360. The van der Waals surface area contributed by atoms with Gasteiger partial charge in [-0.05, 0) is 43.2 Å². The molecule has 3 heterocycles. The molecule has 4 aromatic rings. The summed E-state index contributed by atoms with van der Waals surface area (Å²) in [5.74, 6) is -0.567. The first-order valence-corrected chi connectivity index (χ1v) is 12.0. The standard InChI is InChI=1S/C22H19FN4O3S2/c23-13-7-8-17-18(10-13)32-21(24-17)26-19(28)12-31-22-25-16-6-2-1-5-15(16)20(29)27(22)11-14-4-3-9-30-14/h1-2,5-8,10,14H,3-4,9,11-12H2,(H,24,26,28)/t14-/m0/s1. The van der Waals surface area contributed by atoms with Crippen molar-refractivity contribution in [2.45, 2.75) is 30.6 Å². The molecule has 32 heavy (non-hydrogen) atoms. The lowest BCUT2D eigenvalue weighted by Crippen LogP contribution is -2.29. The molecule has 0 aliphatic carbocycles. The Hall–Kier alpha value is -2.82. The number of halogens is 1. The van der Waals surface area contributed by atoms with E-state index < -0.39 is 0 Å². The summed E-state index contributed by atoms with van der Waals surface area (Å²) in [6.45, 7) is 1.10. The molecule has 1 saturated heterocycles. The van der Waals surface area contributed by atoms with Gasteiger partial charge in [-0.2, -0.15) is 0 Å². The van der Waals surface area contributed by atoms with Gasteiger partial charge in [-0.1, -0.05) is 35.2 Å². The minimum atomic E-state index is -0.346. The van der Waals surface area contributed by atoms with Crippen LogP contribution in [0.15, 0.2) is 52.4 Å². The normalized spacial score (nSPS) is 16.1. The maximum Gasteiger partial charge on any atom is 0.262 e. The molecule has 2 aromatic carbocycles. The van der Waals surface area contributed by atoms with Gasteiger partial charge in [0.1, 0.15) is 5.82 Å². The Morgan fingerprint density at radius 3 is 2.97 bits per heavy atom. The Balaban J connectivity index is 1.36. The highest BCUT2D eigenvalue weighted by molar-refractivity contribution is 7.99. The number of rotatable bonds is 6. The van der Waals surface area contributed by atoms with E-state index in [0.717, 1.165) is 12.8 Å². The van der Waals surface area contributed by atoms with Gasteiger partial charge in [0.2, 0.25) is 5.91 Å². The van der Waals surface area contributed by atoms with Crippen LogP contribution in [0.2, 0.25) is 0 Å². The molecule has 10 heteroatoms. The van der Waals surface area contributed by atoms with E-state index in [1.807, 2.05) is 12.1 Å². The van der Waals surface area contributed by atoms with Crippen molar-refractivity contribution in [3.05, 3.63) is 58.6 Å². The van der Waals surface area contributed by atoms with Gasteiger partial charge in [-0.15, -0.1) is 0 Å². The number of para-hydroxylation sites is 1. The van der Waals surface area contributed by atoms with E-state index >= 15 is 0 Å². The van der Waals surface area contributed by atoms with Crippen molar-refractivity contribution < 1.29 is 13.9 Å². The molecule has 7 nitrogen and oxygen atoms in total. The van der Waals surface area contributed by atoms with Gasteiger partial charge >= 0.3 is 0 Å². The average Bonchev–Trinajstić information content (AvgIpc) is 3.43. The average molecular weight is 471 g/mol. The molecule has 0 bridgehead atoms. The maximum absolute atomic E-state index is 13.4. The van der Waals surface area contributed by atoms with Crippen LogP contribution in [0.5, 0.6) is 0 Å². The van der Waals surface area contributed by atoms with Gasteiger partial charge in [0.25, 0.3) is 5.56 Å². The predicted octanol–water partition coefficient (Wildman–Crippen LogP) is 4.06. The van der Waals surface area contributed by atoms with Crippen molar-refractivity contribution in [1.82, 2.24) is 14.5 Å². The Labute approximate surface area is 190 Å². The van der Waals surface area contributed by atoms with Crippen LogP contribution in [0, 0.1) is 5.82 Å². The number of nitrogens with zero attached hydrogens (tertiary/aromatic N) is 3. The van der Waals surface area contributed by atoms with Crippen molar-refractivity contribution >= 4 is 55.3 Å². The molecular weight excluding hydrogens is 451 g/mol. The number of thioether (sulfide) groups is 1. The monoisotopic (exact) mass is 470 g/mol. The predicted molar refractivity (Wildman–Crippen MR) is 124 cm³/mol. The van der Waals surface area contributed by atoms with Crippen LogP contribution in [0.4, 0.5) is 9.52 Å². The molecule has 0 spiro atoms. The number of amides is 1. The molecule has 0 saturated carbocycles. The number of benzene rings is 2. The minimum Gasteiger partial charge on any atom is -0.376 e. The summed E-state index contributed by atoms with van der Waals surface area (Å²) in [7, 11) is 0. The van der Waals surface area contributed by atoms with Gasteiger partial charge < -0.3 is 10.1 Å². The second kappa shape index (κ2) is 8.97. The van der Waals surface area contributed by atoms with E-state index in [1.54, 1.807) is 22.8 Å². The van der Waals surface area contributed by atoms with Crippen LogP contribution in [0.1, 0.15) is 12.8 Å². The Morgan fingerprint density at radius 1 is 1.25 bits per heavy atom. The van der Waals surface area contributed by atoms with E-state index in [4.69, 9.17) is 4.74 Å². The molecule has 1 N–H and O–H groups in total. The summed E-state index contributed by atoms with van der Waals surface area (Å²) in [6, 6.07) is 11.5. The van der Waals surface area contributed by atoms with Crippen molar-refractivity contribution in [3.8, 4) is 0 Å². The SMILES string of the molecule is O=C(CSc1nc2ccccc2c(=O)n1C[C@@H]1CCCO1)Nc1nc2ccc(F)cc2s1. The molecule has 1 atom stereocenters. The molecule has 2 aromatic heterocycles. The van der Waals surface area contributed by atoms with Crippen molar-refractivity contribution in [1.29, 1.82) is 0 Å².